The summed E-state index contributed by atoms with van der Waals surface area (Å²) in [4.78, 5) is 19.7. The van der Waals surface area contributed by atoms with Gasteiger partial charge < -0.3 is 9.88 Å². The molecule has 0 aliphatic rings. The van der Waals surface area contributed by atoms with Crippen LogP contribution in [0.2, 0.25) is 0 Å². The maximum Gasteiger partial charge on any atom is 0.248 e. The molecule has 0 fully saturated rings. The quantitative estimate of drug-likeness (QED) is 0.749. The minimum atomic E-state index is -0.294. The molecule has 2 aromatic heterocycles. The van der Waals surface area contributed by atoms with Crippen LogP contribution in [0.3, 0.4) is 0 Å². The normalized spacial score (nSPS) is 10.5. The highest BCUT2D eigenvalue weighted by Gasteiger charge is 2.10. The summed E-state index contributed by atoms with van der Waals surface area (Å²) in [5.74, 6) is 0.162. The molecule has 1 amide bonds. The van der Waals surface area contributed by atoms with Crippen LogP contribution in [-0.2, 0) is 11.8 Å². The van der Waals surface area contributed by atoms with Crippen molar-refractivity contribution in [1.82, 2.24) is 14.5 Å². The van der Waals surface area contributed by atoms with Crippen molar-refractivity contribution in [1.29, 1.82) is 0 Å². The van der Waals surface area contributed by atoms with E-state index in [1.165, 1.54) is 12.4 Å². The van der Waals surface area contributed by atoms with Crippen molar-refractivity contribution in [3.63, 3.8) is 0 Å². The highest BCUT2D eigenvalue weighted by Crippen LogP contribution is 2.29. The van der Waals surface area contributed by atoms with Gasteiger partial charge in [0.05, 0.1) is 5.69 Å². The zero-order chi connectivity index (χ0) is 14.8. The van der Waals surface area contributed by atoms with E-state index in [0.29, 0.717) is 5.82 Å². The summed E-state index contributed by atoms with van der Waals surface area (Å²) in [6.07, 6.45) is 4.67. The molecule has 0 unspecified atom stereocenters. The van der Waals surface area contributed by atoms with Gasteiger partial charge in [-0.25, -0.2) is 9.97 Å². The Kier molecular flexibility index (Phi) is 3.23. The summed E-state index contributed by atoms with van der Waals surface area (Å²) in [7, 11) is 1.99. The van der Waals surface area contributed by atoms with Crippen LogP contribution in [0.5, 0.6) is 0 Å². The van der Waals surface area contributed by atoms with E-state index >= 15 is 0 Å². The Bertz CT molecular complexity index is 835. The van der Waals surface area contributed by atoms with Crippen molar-refractivity contribution in [3.05, 3.63) is 55.5 Å². The Hall–Kier alpha value is -2.95. The van der Waals surface area contributed by atoms with E-state index in [1.54, 1.807) is 6.07 Å². The van der Waals surface area contributed by atoms with E-state index in [0.717, 1.165) is 22.2 Å². The molecular weight excluding hydrogens is 264 g/mol. The molecule has 1 N–H and O–H groups in total. The Balaban J connectivity index is 2.09. The standard InChI is InChI=1S/C16H14N4O/c1-3-16(21)19-15-8-13(17-10-18-15)12-9-20(2)14-7-5-4-6-11(12)14/h3-10H,1H2,2H3,(H,17,18,19,21). The number of carbonyl (C=O) groups excluding carboxylic acids is 1. The molecule has 2 heterocycles. The molecule has 5 heteroatoms. The molecule has 0 aliphatic carbocycles. The van der Waals surface area contributed by atoms with Gasteiger partial charge in [-0.3, -0.25) is 4.79 Å². The number of carbonyl (C=O) groups is 1. The molecule has 3 rings (SSSR count). The second kappa shape index (κ2) is 5.20. The van der Waals surface area contributed by atoms with Crippen LogP contribution in [0.15, 0.2) is 55.5 Å². The number of fused-ring (bicyclic) bond motifs is 1. The van der Waals surface area contributed by atoms with Crippen molar-refractivity contribution >= 4 is 22.6 Å². The first-order valence-corrected chi connectivity index (χ1v) is 6.49. The van der Waals surface area contributed by atoms with Gasteiger partial charge in [-0.1, -0.05) is 24.8 Å². The summed E-state index contributed by atoms with van der Waals surface area (Å²) >= 11 is 0. The Morgan fingerprint density at radius 3 is 2.95 bits per heavy atom. The topological polar surface area (TPSA) is 59.8 Å². The van der Waals surface area contributed by atoms with Gasteiger partial charge in [0.2, 0.25) is 5.91 Å². The molecule has 104 valence electrons. The predicted octanol–water partition coefficient (Wildman–Crippen LogP) is 2.76. The average Bonchev–Trinajstić information content (AvgIpc) is 2.85. The van der Waals surface area contributed by atoms with Gasteiger partial charge in [-0.2, -0.15) is 0 Å². The Morgan fingerprint density at radius 1 is 1.33 bits per heavy atom. The number of aromatic nitrogens is 3. The summed E-state index contributed by atoms with van der Waals surface area (Å²) in [5, 5.41) is 3.75. The zero-order valence-electron chi connectivity index (χ0n) is 11.6. The third kappa shape index (κ3) is 2.41. The van der Waals surface area contributed by atoms with Gasteiger partial charge in [0.15, 0.2) is 0 Å². The molecule has 0 saturated heterocycles. The molecule has 0 aliphatic heterocycles. The number of hydrogen-bond donors (Lipinski definition) is 1. The van der Waals surface area contributed by atoms with Crippen LogP contribution >= 0.6 is 0 Å². The monoisotopic (exact) mass is 278 g/mol. The van der Waals surface area contributed by atoms with Crippen LogP contribution in [0.25, 0.3) is 22.2 Å². The van der Waals surface area contributed by atoms with Crippen LogP contribution < -0.4 is 5.32 Å². The Labute approximate surface area is 122 Å². The third-order valence-electron chi connectivity index (χ3n) is 3.28. The number of para-hydroxylation sites is 1. The van der Waals surface area contributed by atoms with Crippen LogP contribution in [0, 0.1) is 0 Å². The molecular formula is C16H14N4O. The van der Waals surface area contributed by atoms with Crippen molar-refractivity contribution < 1.29 is 4.79 Å². The first kappa shape index (κ1) is 13.1. The highest BCUT2D eigenvalue weighted by atomic mass is 16.1. The summed E-state index contributed by atoms with van der Waals surface area (Å²) < 4.78 is 2.05. The number of amides is 1. The van der Waals surface area contributed by atoms with E-state index in [9.17, 15) is 4.79 Å². The summed E-state index contributed by atoms with van der Waals surface area (Å²) in [5.41, 5.74) is 2.90. The lowest BCUT2D eigenvalue weighted by molar-refractivity contribution is -0.111. The van der Waals surface area contributed by atoms with Crippen molar-refractivity contribution in [2.45, 2.75) is 0 Å². The third-order valence-corrected chi connectivity index (χ3v) is 3.28. The second-order valence-electron chi connectivity index (χ2n) is 4.65. The predicted molar refractivity (Wildman–Crippen MR) is 82.8 cm³/mol. The number of nitrogens with one attached hydrogen (secondary N) is 1. The van der Waals surface area contributed by atoms with Gasteiger partial charge in [-0.05, 0) is 12.1 Å². The van der Waals surface area contributed by atoms with Gasteiger partial charge in [0.25, 0.3) is 0 Å². The molecule has 0 spiro atoms. The lowest BCUT2D eigenvalue weighted by Crippen LogP contribution is -2.08. The van der Waals surface area contributed by atoms with Crippen LogP contribution in [-0.4, -0.2) is 20.4 Å². The second-order valence-corrected chi connectivity index (χ2v) is 4.65. The molecule has 3 aromatic rings. The minimum Gasteiger partial charge on any atom is -0.350 e. The maximum atomic E-state index is 11.4. The fourth-order valence-corrected chi connectivity index (χ4v) is 2.30. The number of anilines is 1. The lowest BCUT2D eigenvalue weighted by atomic mass is 10.1. The zero-order valence-corrected chi connectivity index (χ0v) is 11.6. The summed E-state index contributed by atoms with van der Waals surface area (Å²) in [6.45, 7) is 3.42. The van der Waals surface area contributed by atoms with E-state index < -0.39 is 0 Å². The number of aryl methyl sites for hydroxylation is 1. The SMILES string of the molecule is C=CC(=O)Nc1cc(-c2cn(C)c3ccccc23)ncn1. The molecule has 0 atom stereocenters. The van der Waals surface area contributed by atoms with E-state index in [1.807, 2.05) is 25.4 Å². The fraction of sp³-hybridized carbons (Fsp3) is 0.0625. The smallest absolute Gasteiger partial charge is 0.248 e. The molecule has 0 saturated carbocycles. The summed E-state index contributed by atoms with van der Waals surface area (Å²) in [6, 6.07) is 9.85. The van der Waals surface area contributed by atoms with Gasteiger partial charge in [-0.15, -0.1) is 0 Å². The first-order chi connectivity index (χ1) is 10.2. The van der Waals surface area contributed by atoms with E-state index in [2.05, 4.69) is 38.6 Å². The van der Waals surface area contributed by atoms with E-state index in [4.69, 9.17) is 0 Å². The molecule has 1 aromatic carbocycles. The molecule has 5 nitrogen and oxygen atoms in total. The van der Waals surface area contributed by atoms with Crippen LogP contribution in [0.1, 0.15) is 0 Å². The van der Waals surface area contributed by atoms with Gasteiger partial charge >= 0.3 is 0 Å². The van der Waals surface area contributed by atoms with Crippen molar-refractivity contribution in [2.75, 3.05) is 5.32 Å². The van der Waals surface area contributed by atoms with Crippen molar-refractivity contribution in [2.24, 2.45) is 7.05 Å². The molecule has 0 bridgehead atoms. The molecule has 0 radical (unpaired) electrons. The number of benzene rings is 1. The van der Waals surface area contributed by atoms with Gasteiger partial charge in [0.1, 0.15) is 12.1 Å². The van der Waals surface area contributed by atoms with Crippen molar-refractivity contribution in [3.8, 4) is 11.3 Å². The van der Waals surface area contributed by atoms with Gasteiger partial charge in [0, 0.05) is 35.8 Å². The number of hydrogen-bond acceptors (Lipinski definition) is 3. The minimum absolute atomic E-state index is 0.294. The highest BCUT2D eigenvalue weighted by molar-refractivity contribution is 5.99. The maximum absolute atomic E-state index is 11.4. The average molecular weight is 278 g/mol. The number of nitrogens with zero attached hydrogens (tertiary/aromatic N) is 3. The van der Waals surface area contributed by atoms with Crippen LogP contribution in [0.4, 0.5) is 5.82 Å². The molecule has 21 heavy (non-hydrogen) atoms. The fourth-order valence-electron chi connectivity index (χ4n) is 2.30. The Morgan fingerprint density at radius 2 is 2.14 bits per heavy atom. The van der Waals surface area contributed by atoms with E-state index in [-0.39, 0.29) is 5.91 Å². The number of rotatable bonds is 3. The first-order valence-electron chi connectivity index (χ1n) is 6.49. The lowest BCUT2D eigenvalue weighted by Gasteiger charge is -2.03. The largest absolute Gasteiger partial charge is 0.350 e.